The van der Waals surface area contributed by atoms with Crippen LogP contribution in [0.5, 0.6) is 0 Å². The van der Waals surface area contributed by atoms with Gasteiger partial charge < -0.3 is 0 Å². The third-order valence-corrected chi connectivity index (χ3v) is 2.93. The third-order valence-electron chi connectivity index (χ3n) is 2.93. The summed E-state index contributed by atoms with van der Waals surface area (Å²) in [6.07, 6.45) is 1.87. The van der Waals surface area contributed by atoms with Gasteiger partial charge in [-0.25, -0.2) is 0 Å². The maximum absolute atomic E-state index is 12.4. The van der Waals surface area contributed by atoms with E-state index in [2.05, 4.69) is 0 Å². The van der Waals surface area contributed by atoms with Gasteiger partial charge in [0.15, 0.2) is 5.78 Å². The zero-order valence-corrected chi connectivity index (χ0v) is 10.7. The normalized spacial score (nSPS) is 11.3. The molecule has 0 radical (unpaired) electrons. The molecule has 0 aliphatic rings. The number of hydrogen-bond donors (Lipinski definition) is 0. The summed E-state index contributed by atoms with van der Waals surface area (Å²) in [5.74, 6) is 0.0729. The summed E-state index contributed by atoms with van der Waals surface area (Å²) < 4.78 is 0. The number of carbonyl (C=O) groups excluding carboxylic acids is 1. The Hall–Kier alpha value is -2.15. The van der Waals surface area contributed by atoms with Crippen LogP contribution in [0.3, 0.4) is 0 Å². The lowest BCUT2D eigenvalue weighted by Gasteiger charge is -2.06. The number of ketones is 1. The first-order valence-corrected chi connectivity index (χ1v) is 6.05. The lowest BCUT2D eigenvalue weighted by Crippen LogP contribution is -2.02. The summed E-state index contributed by atoms with van der Waals surface area (Å²) in [5.41, 5.74) is 3.61. The van der Waals surface area contributed by atoms with Crippen molar-refractivity contribution in [3.8, 4) is 0 Å². The molecule has 0 atom stereocenters. The molecule has 90 valence electrons. The fourth-order valence-electron chi connectivity index (χ4n) is 1.91. The fourth-order valence-corrected chi connectivity index (χ4v) is 1.91. The van der Waals surface area contributed by atoms with Crippen molar-refractivity contribution in [2.75, 3.05) is 0 Å². The van der Waals surface area contributed by atoms with Crippen LogP contribution < -0.4 is 0 Å². The van der Waals surface area contributed by atoms with Crippen LogP contribution in [-0.2, 0) is 0 Å². The average Bonchev–Trinajstić information content (AvgIpc) is 2.41. The first-order valence-electron chi connectivity index (χ1n) is 6.05. The Morgan fingerprint density at radius 2 is 1.50 bits per heavy atom. The van der Waals surface area contributed by atoms with Gasteiger partial charge in [0.25, 0.3) is 0 Å². The molecule has 0 amide bonds. The number of aryl methyl sites for hydroxylation is 1. The van der Waals surface area contributed by atoms with E-state index in [9.17, 15) is 4.79 Å². The summed E-state index contributed by atoms with van der Waals surface area (Å²) >= 11 is 0. The van der Waals surface area contributed by atoms with Gasteiger partial charge in [-0.1, -0.05) is 66.2 Å². The number of benzene rings is 2. The molecule has 0 spiro atoms. The maximum Gasteiger partial charge on any atom is 0.193 e. The Balaban J connectivity index is 2.35. The second-order valence-electron chi connectivity index (χ2n) is 4.26. The van der Waals surface area contributed by atoms with Gasteiger partial charge >= 0.3 is 0 Å². The molecule has 0 aliphatic carbocycles. The van der Waals surface area contributed by atoms with E-state index in [1.54, 1.807) is 0 Å². The molecule has 0 heterocycles. The standard InChI is InChI=1S/C17H16O/c1-3-16(14-7-5-4-6-8-14)17(18)15-11-9-13(2)10-12-15/h3-12H,1-2H3/b16-3+. The first kappa shape index (κ1) is 12.3. The Bertz CT molecular complexity index is 562. The van der Waals surface area contributed by atoms with E-state index in [-0.39, 0.29) is 5.78 Å². The zero-order chi connectivity index (χ0) is 13.0. The van der Waals surface area contributed by atoms with Crippen molar-refractivity contribution in [3.63, 3.8) is 0 Å². The predicted octanol–water partition coefficient (Wildman–Crippen LogP) is 4.28. The lowest BCUT2D eigenvalue weighted by molar-refractivity contribution is 0.105. The number of rotatable bonds is 3. The van der Waals surface area contributed by atoms with Crippen molar-refractivity contribution in [3.05, 3.63) is 77.4 Å². The molecule has 0 aliphatic heterocycles. The first-order chi connectivity index (χ1) is 8.72. The van der Waals surface area contributed by atoms with Gasteiger partial charge in [0.2, 0.25) is 0 Å². The second kappa shape index (κ2) is 5.46. The van der Waals surface area contributed by atoms with Crippen LogP contribution in [0.25, 0.3) is 5.57 Å². The van der Waals surface area contributed by atoms with E-state index >= 15 is 0 Å². The van der Waals surface area contributed by atoms with Crippen molar-refractivity contribution < 1.29 is 4.79 Å². The molecule has 2 aromatic carbocycles. The molecule has 0 aromatic heterocycles. The van der Waals surface area contributed by atoms with Crippen LogP contribution >= 0.6 is 0 Å². The highest BCUT2D eigenvalue weighted by atomic mass is 16.1. The predicted molar refractivity (Wildman–Crippen MR) is 75.6 cm³/mol. The molecule has 0 N–H and O–H groups in total. The van der Waals surface area contributed by atoms with E-state index < -0.39 is 0 Å². The second-order valence-corrected chi connectivity index (χ2v) is 4.26. The summed E-state index contributed by atoms with van der Waals surface area (Å²) in [6.45, 7) is 3.91. The van der Waals surface area contributed by atoms with E-state index in [1.807, 2.05) is 74.5 Å². The van der Waals surface area contributed by atoms with E-state index in [4.69, 9.17) is 0 Å². The smallest absolute Gasteiger partial charge is 0.193 e. The molecule has 0 fully saturated rings. The average molecular weight is 236 g/mol. The quantitative estimate of drug-likeness (QED) is 0.574. The SMILES string of the molecule is C/C=C(/C(=O)c1ccc(C)cc1)c1ccccc1. The van der Waals surface area contributed by atoms with Gasteiger partial charge in [-0.05, 0) is 19.4 Å². The minimum atomic E-state index is 0.0729. The number of Topliss-reactive ketones (excluding diaryl/α,β-unsaturated/α-hetero) is 1. The van der Waals surface area contributed by atoms with Crippen LogP contribution in [0.2, 0.25) is 0 Å². The molecule has 1 heteroatoms. The Morgan fingerprint density at radius 1 is 0.889 bits per heavy atom. The van der Waals surface area contributed by atoms with E-state index in [1.165, 1.54) is 0 Å². The Morgan fingerprint density at radius 3 is 2.06 bits per heavy atom. The van der Waals surface area contributed by atoms with Crippen molar-refractivity contribution in [2.24, 2.45) is 0 Å². The van der Waals surface area contributed by atoms with Crippen LogP contribution in [0.4, 0.5) is 0 Å². The Kier molecular flexibility index (Phi) is 3.73. The molecule has 0 unspecified atom stereocenters. The van der Waals surface area contributed by atoms with E-state index in [0.717, 1.165) is 22.3 Å². The number of hydrogen-bond acceptors (Lipinski definition) is 1. The van der Waals surface area contributed by atoms with Gasteiger partial charge in [0.05, 0.1) is 0 Å². The minimum Gasteiger partial charge on any atom is -0.289 e. The zero-order valence-electron chi connectivity index (χ0n) is 10.7. The van der Waals surface area contributed by atoms with Crippen LogP contribution in [0, 0.1) is 6.92 Å². The fraction of sp³-hybridized carbons (Fsp3) is 0.118. The molecule has 2 aromatic rings. The van der Waals surface area contributed by atoms with Crippen molar-refractivity contribution in [1.82, 2.24) is 0 Å². The molecular formula is C17H16O. The van der Waals surface area contributed by atoms with Gasteiger partial charge in [0.1, 0.15) is 0 Å². The van der Waals surface area contributed by atoms with Crippen molar-refractivity contribution in [1.29, 1.82) is 0 Å². The monoisotopic (exact) mass is 236 g/mol. The largest absolute Gasteiger partial charge is 0.289 e. The highest BCUT2D eigenvalue weighted by Crippen LogP contribution is 2.19. The topological polar surface area (TPSA) is 17.1 Å². The number of allylic oxidation sites excluding steroid dienone is 2. The lowest BCUT2D eigenvalue weighted by atomic mass is 9.96. The van der Waals surface area contributed by atoms with Crippen LogP contribution in [0.1, 0.15) is 28.4 Å². The summed E-state index contributed by atoms with van der Waals surface area (Å²) in [4.78, 5) is 12.4. The summed E-state index contributed by atoms with van der Waals surface area (Å²) in [7, 11) is 0. The van der Waals surface area contributed by atoms with Crippen LogP contribution in [-0.4, -0.2) is 5.78 Å². The molecule has 18 heavy (non-hydrogen) atoms. The van der Waals surface area contributed by atoms with Gasteiger partial charge in [-0.3, -0.25) is 4.79 Å². The highest BCUT2D eigenvalue weighted by Gasteiger charge is 2.12. The molecular weight excluding hydrogens is 220 g/mol. The summed E-state index contributed by atoms with van der Waals surface area (Å²) in [5, 5.41) is 0. The van der Waals surface area contributed by atoms with Gasteiger partial charge in [-0.15, -0.1) is 0 Å². The van der Waals surface area contributed by atoms with E-state index in [0.29, 0.717) is 0 Å². The molecule has 1 nitrogen and oxygen atoms in total. The Labute approximate surface area is 108 Å². The minimum absolute atomic E-state index is 0.0729. The maximum atomic E-state index is 12.4. The van der Waals surface area contributed by atoms with Crippen molar-refractivity contribution in [2.45, 2.75) is 13.8 Å². The van der Waals surface area contributed by atoms with Gasteiger partial charge in [-0.2, -0.15) is 0 Å². The molecule has 2 rings (SSSR count). The molecule has 0 saturated heterocycles. The molecule has 0 bridgehead atoms. The molecule has 0 saturated carbocycles. The van der Waals surface area contributed by atoms with Crippen LogP contribution in [0.15, 0.2) is 60.7 Å². The van der Waals surface area contributed by atoms with Gasteiger partial charge in [0, 0.05) is 11.1 Å². The number of carbonyl (C=O) groups is 1. The summed E-state index contributed by atoms with van der Waals surface area (Å²) in [6, 6.07) is 17.4. The third kappa shape index (κ3) is 2.57. The van der Waals surface area contributed by atoms with Crippen molar-refractivity contribution >= 4 is 11.4 Å². The highest BCUT2D eigenvalue weighted by molar-refractivity contribution is 6.28.